The number of esters is 1. The number of furan rings is 1. The van der Waals surface area contributed by atoms with Crippen molar-refractivity contribution in [2.45, 2.75) is 77.6 Å². The highest BCUT2D eigenvalue weighted by molar-refractivity contribution is 6.06. The topological polar surface area (TPSA) is 51.8 Å². The second-order valence-corrected chi connectivity index (χ2v) is 9.01. The van der Waals surface area contributed by atoms with Gasteiger partial charge in [0, 0.05) is 17.2 Å². The Morgan fingerprint density at radius 2 is 1.94 bits per heavy atom. The number of methoxy groups -OCH3 is 1. The third-order valence-corrected chi connectivity index (χ3v) is 6.73. The molecule has 0 aromatic carbocycles. The molecule has 1 unspecified atom stereocenters. The van der Waals surface area contributed by atoms with Crippen molar-refractivity contribution in [3.05, 3.63) is 64.3 Å². The van der Waals surface area contributed by atoms with Crippen LogP contribution in [0.5, 0.6) is 0 Å². The molecule has 1 aliphatic heterocycles. The maximum Gasteiger partial charge on any atom is 0.373 e. The van der Waals surface area contributed by atoms with E-state index in [0.717, 1.165) is 24.1 Å². The zero-order chi connectivity index (χ0) is 22.3. The lowest BCUT2D eigenvalue weighted by Gasteiger charge is -2.23. The van der Waals surface area contributed by atoms with Gasteiger partial charge in [-0.15, -0.1) is 0 Å². The smallest absolute Gasteiger partial charge is 0.373 e. The number of carbonyl (C=O) groups is 1. The van der Waals surface area contributed by atoms with Gasteiger partial charge in [-0.25, -0.2) is 4.79 Å². The lowest BCUT2D eigenvalue weighted by molar-refractivity contribution is 0.0564. The first-order valence-corrected chi connectivity index (χ1v) is 12.3. The van der Waals surface area contributed by atoms with E-state index in [4.69, 9.17) is 14.1 Å². The van der Waals surface area contributed by atoms with Crippen LogP contribution in [0.25, 0.3) is 6.08 Å². The molecule has 170 valence electrons. The number of ether oxygens (including phenoxy) is 1. The van der Waals surface area contributed by atoms with Crippen molar-refractivity contribution in [3.8, 4) is 0 Å². The van der Waals surface area contributed by atoms with Crippen LogP contribution in [0.15, 0.2) is 62.2 Å². The Morgan fingerprint density at radius 1 is 1.12 bits per heavy atom. The fourth-order valence-corrected chi connectivity index (χ4v) is 5.00. The first kappa shape index (κ1) is 22.6. The van der Waals surface area contributed by atoms with Crippen LogP contribution in [0.3, 0.4) is 0 Å². The number of fused-ring (bicyclic) bond motifs is 2. The van der Waals surface area contributed by atoms with Crippen molar-refractivity contribution >= 4 is 17.8 Å². The minimum atomic E-state index is -0.458. The van der Waals surface area contributed by atoms with Crippen LogP contribution in [-0.4, -0.2) is 18.8 Å². The summed E-state index contributed by atoms with van der Waals surface area (Å²) in [6.07, 6.45) is 22.6. The monoisotopic (exact) mass is 433 g/mol. The molecule has 3 aliphatic rings. The zero-order valence-electron chi connectivity index (χ0n) is 19.5. The SMILES string of the molecule is CCCCCCCCC1C=CC(C=Cc2ccc(C(=O)OC)o2)=C2N=C3CCCCC3=C21. The number of rotatable bonds is 10. The Morgan fingerprint density at radius 3 is 2.78 bits per heavy atom. The van der Waals surface area contributed by atoms with Gasteiger partial charge in [0.15, 0.2) is 0 Å². The Bertz CT molecular complexity index is 986. The number of carbonyl (C=O) groups excluding carboxylic acids is 1. The second kappa shape index (κ2) is 10.8. The molecular weight excluding hydrogens is 398 g/mol. The van der Waals surface area contributed by atoms with Crippen LogP contribution < -0.4 is 0 Å². The zero-order valence-corrected chi connectivity index (χ0v) is 19.5. The maximum atomic E-state index is 11.6. The highest BCUT2D eigenvalue weighted by atomic mass is 16.5. The number of hydrogen-bond acceptors (Lipinski definition) is 4. The van der Waals surface area contributed by atoms with E-state index in [-0.39, 0.29) is 5.76 Å². The summed E-state index contributed by atoms with van der Waals surface area (Å²) in [5.74, 6) is 0.883. The molecule has 32 heavy (non-hydrogen) atoms. The average molecular weight is 434 g/mol. The van der Waals surface area contributed by atoms with Crippen molar-refractivity contribution < 1.29 is 13.9 Å². The summed E-state index contributed by atoms with van der Waals surface area (Å²) in [7, 11) is 1.36. The Balaban J connectivity index is 1.51. The molecule has 0 saturated heterocycles. The van der Waals surface area contributed by atoms with Gasteiger partial charge in [0.05, 0.1) is 12.8 Å². The molecule has 1 saturated carbocycles. The summed E-state index contributed by atoms with van der Waals surface area (Å²) in [5.41, 5.74) is 6.60. The van der Waals surface area contributed by atoms with Gasteiger partial charge in [-0.2, -0.15) is 0 Å². The summed E-state index contributed by atoms with van der Waals surface area (Å²) in [6.45, 7) is 2.27. The summed E-state index contributed by atoms with van der Waals surface area (Å²) in [5, 5.41) is 0. The minimum Gasteiger partial charge on any atom is -0.463 e. The lowest BCUT2D eigenvalue weighted by atomic mass is 9.80. The molecule has 1 aromatic heterocycles. The second-order valence-electron chi connectivity index (χ2n) is 9.01. The van der Waals surface area contributed by atoms with Crippen LogP contribution in [0, 0.1) is 5.92 Å². The average Bonchev–Trinajstić information content (AvgIpc) is 3.45. The third-order valence-electron chi connectivity index (χ3n) is 6.73. The number of hydrogen-bond donors (Lipinski definition) is 0. The van der Waals surface area contributed by atoms with Gasteiger partial charge in [-0.3, -0.25) is 4.99 Å². The highest BCUT2D eigenvalue weighted by Gasteiger charge is 2.32. The van der Waals surface area contributed by atoms with E-state index in [1.165, 1.54) is 81.8 Å². The molecule has 0 radical (unpaired) electrons. The molecule has 1 aromatic rings. The van der Waals surface area contributed by atoms with Crippen LogP contribution in [0.2, 0.25) is 0 Å². The van der Waals surface area contributed by atoms with Crippen molar-refractivity contribution in [2.24, 2.45) is 10.9 Å². The van der Waals surface area contributed by atoms with E-state index in [0.29, 0.717) is 11.7 Å². The molecule has 0 N–H and O–H groups in total. The van der Waals surface area contributed by atoms with Gasteiger partial charge in [0.25, 0.3) is 0 Å². The van der Waals surface area contributed by atoms with Crippen molar-refractivity contribution in [1.82, 2.24) is 0 Å². The number of allylic oxidation sites excluding steroid dienone is 6. The molecule has 1 fully saturated rings. The first-order valence-electron chi connectivity index (χ1n) is 12.3. The van der Waals surface area contributed by atoms with Crippen LogP contribution in [0.4, 0.5) is 0 Å². The van der Waals surface area contributed by atoms with E-state index >= 15 is 0 Å². The minimum absolute atomic E-state index is 0.220. The standard InChI is InChI=1S/C28H35NO3/c1-3-4-5-6-7-8-11-20-14-15-21(16-17-22-18-19-25(32-22)28(30)31-2)27-26(20)23-12-9-10-13-24(23)29-27/h14-20H,3-13H2,1-2H3. The van der Waals surface area contributed by atoms with Gasteiger partial charge < -0.3 is 9.15 Å². The predicted molar refractivity (Wildman–Crippen MR) is 130 cm³/mol. The fraction of sp³-hybridized carbons (Fsp3) is 0.500. The molecule has 2 heterocycles. The Labute approximate surface area is 191 Å². The molecule has 1 atom stereocenters. The molecule has 4 nitrogen and oxygen atoms in total. The van der Waals surface area contributed by atoms with Crippen molar-refractivity contribution in [1.29, 1.82) is 0 Å². The summed E-state index contributed by atoms with van der Waals surface area (Å²) in [4.78, 5) is 16.7. The van der Waals surface area contributed by atoms with E-state index in [1.54, 1.807) is 12.1 Å². The number of nitrogens with zero attached hydrogens (tertiary/aromatic N) is 1. The molecule has 0 spiro atoms. The summed E-state index contributed by atoms with van der Waals surface area (Å²) < 4.78 is 10.3. The molecular formula is C28H35NO3. The quantitative estimate of drug-likeness (QED) is 0.282. The van der Waals surface area contributed by atoms with Crippen LogP contribution >= 0.6 is 0 Å². The lowest BCUT2D eigenvalue weighted by Crippen LogP contribution is -2.12. The normalized spacial score (nSPS) is 20.1. The first-order chi connectivity index (χ1) is 15.7. The predicted octanol–water partition coefficient (Wildman–Crippen LogP) is 7.60. The van der Waals surface area contributed by atoms with Gasteiger partial charge in [-0.1, -0.05) is 57.6 Å². The Hall–Kier alpha value is -2.62. The summed E-state index contributed by atoms with van der Waals surface area (Å²) in [6, 6.07) is 3.44. The highest BCUT2D eigenvalue weighted by Crippen LogP contribution is 2.44. The maximum absolute atomic E-state index is 11.6. The van der Waals surface area contributed by atoms with Gasteiger partial charge >= 0.3 is 5.97 Å². The van der Waals surface area contributed by atoms with Crippen molar-refractivity contribution in [2.75, 3.05) is 7.11 Å². The fourth-order valence-electron chi connectivity index (χ4n) is 5.00. The molecule has 4 heteroatoms. The van der Waals surface area contributed by atoms with Crippen molar-refractivity contribution in [3.63, 3.8) is 0 Å². The van der Waals surface area contributed by atoms with E-state index in [9.17, 15) is 4.79 Å². The van der Waals surface area contributed by atoms with Gasteiger partial charge in [0.2, 0.25) is 5.76 Å². The van der Waals surface area contributed by atoms with E-state index < -0.39 is 5.97 Å². The summed E-state index contributed by atoms with van der Waals surface area (Å²) >= 11 is 0. The van der Waals surface area contributed by atoms with Crippen LogP contribution in [0.1, 0.15) is 93.9 Å². The third kappa shape index (κ3) is 5.06. The Kier molecular flexibility index (Phi) is 7.62. The molecule has 4 rings (SSSR count). The molecule has 0 bridgehead atoms. The van der Waals surface area contributed by atoms with Gasteiger partial charge in [0.1, 0.15) is 5.76 Å². The number of unbranched alkanes of at least 4 members (excludes halogenated alkanes) is 5. The van der Waals surface area contributed by atoms with E-state index in [2.05, 4.69) is 25.2 Å². The van der Waals surface area contributed by atoms with E-state index in [1.807, 2.05) is 6.08 Å². The van der Waals surface area contributed by atoms with Gasteiger partial charge in [-0.05, 0) is 67.5 Å². The largest absolute Gasteiger partial charge is 0.463 e. The number of aliphatic imine (C=N–C) groups is 1. The molecule has 2 aliphatic carbocycles. The van der Waals surface area contributed by atoms with Crippen LogP contribution in [-0.2, 0) is 4.74 Å². The molecule has 0 amide bonds.